The number of carbonyl (C=O) groups excluding carboxylic acids is 2. The van der Waals surface area contributed by atoms with Gasteiger partial charge in [-0.2, -0.15) is 5.10 Å². The zero-order valence-corrected chi connectivity index (χ0v) is 17.1. The third-order valence-corrected chi connectivity index (χ3v) is 5.90. The Kier molecular flexibility index (Phi) is 7.97. The zero-order chi connectivity index (χ0) is 19.1. The van der Waals surface area contributed by atoms with Crippen molar-refractivity contribution in [1.29, 1.82) is 0 Å². The first-order valence-corrected chi connectivity index (χ1v) is 10.2. The van der Waals surface area contributed by atoms with Crippen molar-refractivity contribution in [3.63, 3.8) is 0 Å². The Morgan fingerprint density at radius 1 is 1.35 bits per heavy atom. The minimum atomic E-state index is -0.471. The standard InChI is InChI=1S/C19H26ClN3O2S/c1-4-5-6-7-11-21-17(24)12-16-19(25)23(3)22-18(26-16)14-9-8-10-15(20)13(14)2/h8-10,16H,4-7,11-12H2,1-3H3,(H,21,24). The van der Waals surface area contributed by atoms with E-state index in [0.29, 0.717) is 16.6 Å². The summed E-state index contributed by atoms with van der Waals surface area (Å²) in [7, 11) is 1.62. The predicted molar refractivity (Wildman–Crippen MR) is 109 cm³/mol. The van der Waals surface area contributed by atoms with E-state index in [0.717, 1.165) is 24.0 Å². The highest BCUT2D eigenvalue weighted by molar-refractivity contribution is 8.15. The monoisotopic (exact) mass is 395 g/mol. The first kappa shape index (κ1) is 20.8. The molecule has 0 aliphatic carbocycles. The molecule has 0 spiro atoms. The van der Waals surface area contributed by atoms with Crippen LogP contribution in [0.5, 0.6) is 0 Å². The maximum Gasteiger partial charge on any atom is 0.256 e. The van der Waals surface area contributed by atoms with Gasteiger partial charge in [0.25, 0.3) is 5.91 Å². The maximum absolute atomic E-state index is 12.4. The average molecular weight is 396 g/mol. The quantitative estimate of drug-likeness (QED) is 0.677. The SMILES string of the molecule is CCCCCCNC(=O)CC1SC(c2cccc(Cl)c2C)=NN(C)C1=O. The van der Waals surface area contributed by atoms with Crippen molar-refractivity contribution >= 4 is 40.2 Å². The van der Waals surface area contributed by atoms with Crippen LogP contribution in [0.4, 0.5) is 0 Å². The summed E-state index contributed by atoms with van der Waals surface area (Å²) in [4.78, 5) is 24.6. The number of hydrogen-bond acceptors (Lipinski definition) is 4. The number of nitrogens with one attached hydrogen (secondary N) is 1. The van der Waals surface area contributed by atoms with Crippen LogP contribution in [0.3, 0.4) is 0 Å². The number of nitrogens with zero attached hydrogens (tertiary/aromatic N) is 2. The Morgan fingerprint density at radius 3 is 2.85 bits per heavy atom. The summed E-state index contributed by atoms with van der Waals surface area (Å²) < 4.78 is 0. The Morgan fingerprint density at radius 2 is 2.12 bits per heavy atom. The molecule has 26 heavy (non-hydrogen) atoms. The van der Waals surface area contributed by atoms with Gasteiger partial charge in [0.1, 0.15) is 10.3 Å². The number of hydrogen-bond donors (Lipinski definition) is 1. The largest absolute Gasteiger partial charge is 0.356 e. The second kappa shape index (κ2) is 9.97. The van der Waals surface area contributed by atoms with Crippen molar-refractivity contribution in [2.24, 2.45) is 5.10 Å². The number of rotatable bonds is 8. The van der Waals surface area contributed by atoms with E-state index in [-0.39, 0.29) is 18.2 Å². The summed E-state index contributed by atoms with van der Waals surface area (Å²) in [5.74, 6) is -0.246. The van der Waals surface area contributed by atoms with Crippen LogP contribution in [0.15, 0.2) is 23.3 Å². The van der Waals surface area contributed by atoms with E-state index in [1.54, 1.807) is 7.05 Å². The fraction of sp³-hybridized carbons (Fsp3) is 0.526. The summed E-state index contributed by atoms with van der Waals surface area (Å²) in [5, 5.41) is 9.51. The van der Waals surface area contributed by atoms with Gasteiger partial charge >= 0.3 is 0 Å². The molecule has 0 fully saturated rings. The highest BCUT2D eigenvalue weighted by Crippen LogP contribution is 2.31. The van der Waals surface area contributed by atoms with Gasteiger partial charge in [0, 0.05) is 30.6 Å². The van der Waals surface area contributed by atoms with Gasteiger partial charge in [-0.25, -0.2) is 5.01 Å². The Labute approximate surface area is 164 Å². The molecule has 1 unspecified atom stereocenters. The minimum Gasteiger partial charge on any atom is -0.356 e. The number of unbranched alkanes of at least 4 members (excludes halogenated alkanes) is 3. The molecule has 142 valence electrons. The number of thioether (sulfide) groups is 1. The van der Waals surface area contributed by atoms with Crippen LogP contribution in [0.2, 0.25) is 5.02 Å². The third kappa shape index (κ3) is 5.48. The van der Waals surface area contributed by atoms with E-state index in [9.17, 15) is 9.59 Å². The predicted octanol–water partition coefficient (Wildman–Crippen LogP) is 3.97. The van der Waals surface area contributed by atoms with Crippen molar-refractivity contribution < 1.29 is 9.59 Å². The number of amides is 2. The normalized spacial score (nSPS) is 17.2. The number of carbonyl (C=O) groups is 2. The van der Waals surface area contributed by atoms with Gasteiger partial charge in [0.2, 0.25) is 5.91 Å². The van der Waals surface area contributed by atoms with Gasteiger partial charge < -0.3 is 5.32 Å². The molecule has 7 heteroatoms. The molecule has 1 N–H and O–H groups in total. The average Bonchev–Trinajstić information content (AvgIpc) is 2.61. The first-order chi connectivity index (χ1) is 12.4. The van der Waals surface area contributed by atoms with Crippen LogP contribution >= 0.6 is 23.4 Å². The van der Waals surface area contributed by atoms with Gasteiger partial charge in [0.05, 0.1) is 0 Å². The van der Waals surface area contributed by atoms with Gasteiger partial charge in [-0.1, -0.05) is 61.7 Å². The van der Waals surface area contributed by atoms with Gasteiger partial charge in [0.15, 0.2) is 0 Å². The maximum atomic E-state index is 12.4. The van der Waals surface area contributed by atoms with E-state index < -0.39 is 5.25 Å². The molecule has 0 saturated heterocycles. The van der Waals surface area contributed by atoms with Crippen LogP contribution in [-0.2, 0) is 9.59 Å². The molecular weight excluding hydrogens is 370 g/mol. The third-order valence-electron chi connectivity index (χ3n) is 4.31. The van der Waals surface area contributed by atoms with Crippen LogP contribution < -0.4 is 5.32 Å². The molecule has 5 nitrogen and oxygen atoms in total. The van der Waals surface area contributed by atoms with Crippen molar-refractivity contribution in [3.05, 3.63) is 34.3 Å². The highest BCUT2D eigenvalue weighted by Gasteiger charge is 2.32. The van der Waals surface area contributed by atoms with Crippen LogP contribution in [0.1, 0.15) is 50.2 Å². The van der Waals surface area contributed by atoms with Crippen molar-refractivity contribution in [1.82, 2.24) is 10.3 Å². The van der Waals surface area contributed by atoms with Crippen molar-refractivity contribution in [3.8, 4) is 0 Å². The molecule has 0 aromatic heterocycles. The van der Waals surface area contributed by atoms with E-state index in [2.05, 4.69) is 17.3 Å². The van der Waals surface area contributed by atoms with Gasteiger partial charge in [-0.05, 0) is 25.0 Å². The summed E-state index contributed by atoms with van der Waals surface area (Å²) >= 11 is 7.54. The molecule has 0 saturated carbocycles. The Bertz CT molecular complexity index is 693. The summed E-state index contributed by atoms with van der Waals surface area (Å²) in [6, 6.07) is 5.62. The second-order valence-electron chi connectivity index (χ2n) is 6.40. The molecule has 2 amide bonds. The highest BCUT2D eigenvalue weighted by atomic mass is 35.5. The number of hydrazone groups is 1. The van der Waals surface area contributed by atoms with Crippen LogP contribution in [0.25, 0.3) is 0 Å². The molecule has 0 bridgehead atoms. The van der Waals surface area contributed by atoms with E-state index in [1.165, 1.54) is 29.6 Å². The minimum absolute atomic E-state index is 0.0928. The molecular formula is C19H26ClN3O2S. The lowest BCUT2D eigenvalue weighted by Crippen LogP contribution is -2.40. The van der Waals surface area contributed by atoms with Gasteiger partial charge in [-0.3, -0.25) is 9.59 Å². The molecule has 1 aromatic carbocycles. The van der Waals surface area contributed by atoms with E-state index in [1.807, 2.05) is 25.1 Å². The lowest BCUT2D eigenvalue weighted by Gasteiger charge is -2.26. The first-order valence-electron chi connectivity index (χ1n) is 8.99. The fourth-order valence-electron chi connectivity index (χ4n) is 2.71. The molecule has 1 aliphatic rings. The molecule has 1 aromatic rings. The van der Waals surface area contributed by atoms with Gasteiger partial charge in [-0.15, -0.1) is 0 Å². The Balaban J connectivity index is 2.00. The molecule has 1 heterocycles. The smallest absolute Gasteiger partial charge is 0.256 e. The van der Waals surface area contributed by atoms with E-state index >= 15 is 0 Å². The molecule has 0 radical (unpaired) electrons. The van der Waals surface area contributed by atoms with Crippen LogP contribution in [0, 0.1) is 6.92 Å². The molecule has 2 rings (SSSR count). The lowest BCUT2D eigenvalue weighted by molar-refractivity contribution is -0.132. The second-order valence-corrected chi connectivity index (χ2v) is 8.00. The number of benzene rings is 1. The molecule has 1 aliphatic heterocycles. The fourth-order valence-corrected chi connectivity index (χ4v) is 4.16. The van der Waals surface area contributed by atoms with E-state index in [4.69, 9.17) is 11.6 Å². The lowest BCUT2D eigenvalue weighted by atomic mass is 10.1. The summed E-state index contributed by atoms with van der Waals surface area (Å²) in [6.45, 7) is 4.74. The Hall–Kier alpha value is -1.53. The van der Waals surface area contributed by atoms with Crippen molar-refractivity contribution in [2.75, 3.05) is 13.6 Å². The van der Waals surface area contributed by atoms with Crippen molar-refractivity contribution in [2.45, 2.75) is 51.2 Å². The number of halogens is 1. The zero-order valence-electron chi connectivity index (χ0n) is 15.5. The summed E-state index contributed by atoms with van der Waals surface area (Å²) in [5.41, 5.74) is 1.81. The molecule has 1 atom stereocenters. The topological polar surface area (TPSA) is 61.8 Å². The summed E-state index contributed by atoms with van der Waals surface area (Å²) in [6.07, 6.45) is 4.58. The van der Waals surface area contributed by atoms with Crippen LogP contribution in [-0.4, -0.2) is 40.7 Å².